The van der Waals surface area contributed by atoms with Gasteiger partial charge in [0.2, 0.25) is 0 Å². The highest BCUT2D eigenvalue weighted by Gasteiger charge is 2.17. The molecule has 0 aliphatic heterocycles. The molecule has 1 fully saturated rings. The molecule has 2 N–H and O–H groups in total. The summed E-state index contributed by atoms with van der Waals surface area (Å²) in [6, 6.07) is 5.19. The number of hydrogen-bond acceptors (Lipinski definition) is 2. The van der Waals surface area contributed by atoms with Crippen LogP contribution in [0.5, 0.6) is 0 Å². The quantitative estimate of drug-likeness (QED) is 0.799. The fraction of sp³-hybridized carbons (Fsp3) is 0.429. The van der Waals surface area contributed by atoms with Crippen LogP contribution in [0.1, 0.15) is 32.1 Å². The summed E-state index contributed by atoms with van der Waals surface area (Å²) in [5.41, 5.74) is 0.542. The van der Waals surface area contributed by atoms with Crippen molar-refractivity contribution in [3.05, 3.63) is 28.2 Å². The van der Waals surface area contributed by atoms with Crippen molar-refractivity contribution in [1.29, 1.82) is 0 Å². The van der Waals surface area contributed by atoms with Crippen LogP contribution >= 0.6 is 35.4 Å². The first-order valence-corrected chi connectivity index (χ1v) is 7.79. The Labute approximate surface area is 134 Å². The SMILES string of the molecule is O=C(Nc1cc(Cl)cc(Cl)c1)C(=S)NC1CCCCC1. The maximum atomic E-state index is 12.0. The molecule has 1 amide bonds. The van der Waals surface area contributed by atoms with Crippen LogP contribution < -0.4 is 10.6 Å². The maximum Gasteiger partial charge on any atom is 0.283 e. The lowest BCUT2D eigenvalue weighted by molar-refractivity contribution is -0.110. The zero-order chi connectivity index (χ0) is 14.5. The van der Waals surface area contributed by atoms with Crippen molar-refractivity contribution in [2.45, 2.75) is 38.1 Å². The summed E-state index contributed by atoms with van der Waals surface area (Å²) < 4.78 is 0. The van der Waals surface area contributed by atoms with Crippen molar-refractivity contribution < 1.29 is 4.79 Å². The summed E-state index contributed by atoms with van der Waals surface area (Å²) in [4.78, 5) is 12.2. The Morgan fingerprint density at radius 1 is 1.10 bits per heavy atom. The number of thiocarbonyl (C=S) groups is 1. The van der Waals surface area contributed by atoms with Crippen molar-refractivity contribution in [2.75, 3.05) is 5.32 Å². The standard InChI is InChI=1S/C14H16Cl2N2OS/c15-9-6-10(16)8-12(7-9)17-13(19)14(20)18-11-4-2-1-3-5-11/h6-8,11H,1-5H2,(H,17,19)(H,18,20). The summed E-state index contributed by atoms with van der Waals surface area (Å²) in [5.74, 6) is -0.330. The molecule has 0 atom stereocenters. The van der Waals surface area contributed by atoms with E-state index in [2.05, 4.69) is 10.6 Å². The summed E-state index contributed by atoms with van der Waals surface area (Å²) in [5, 5.41) is 6.77. The lowest BCUT2D eigenvalue weighted by Crippen LogP contribution is -2.41. The second kappa shape index (κ2) is 7.25. The van der Waals surface area contributed by atoms with Gasteiger partial charge < -0.3 is 10.6 Å². The van der Waals surface area contributed by atoms with Crippen LogP contribution in [0, 0.1) is 0 Å². The average Bonchev–Trinajstić information content (AvgIpc) is 2.38. The molecule has 0 heterocycles. The minimum Gasteiger partial charge on any atom is -0.369 e. The molecule has 0 spiro atoms. The van der Waals surface area contributed by atoms with Crippen LogP contribution in [0.3, 0.4) is 0 Å². The Morgan fingerprint density at radius 3 is 2.30 bits per heavy atom. The molecule has 6 heteroatoms. The fourth-order valence-electron chi connectivity index (χ4n) is 2.31. The lowest BCUT2D eigenvalue weighted by Gasteiger charge is -2.23. The predicted molar refractivity (Wildman–Crippen MR) is 87.7 cm³/mol. The van der Waals surface area contributed by atoms with Gasteiger partial charge >= 0.3 is 0 Å². The van der Waals surface area contributed by atoms with E-state index < -0.39 is 0 Å². The first-order valence-electron chi connectivity index (χ1n) is 6.62. The predicted octanol–water partition coefficient (Wildman–Crippen LogP) is 4.18. The van der Waals surface area contributed by atoms with Crippen LogP contribution in [-0.4, -0.2) is 16.9 Å². The Bertz CT molecular complexity index is 496. The summed E-state index contributed by atoms with van der Waals surface area (Å²) in [7, 11) is 0. The Balaban J connectivity index is 1.91. The molecule has 1 aromatic rings. The molecule has 1 aromatic carbocycles. The zero-order valence-electron chi connectivity index (χ0n) is 10.9. The van der Waals surface area contributed by atoms with Crippen molar-refractivity contribution in [3.63, 3.8) is 0 Å². The molecule has 0 saturated heterocycles. The first kappa shape index (κ1) is 15.5. The van der Waals surface area contributed by atoms with Crippen LogP contribution in [0.25, 0.3) is 0 Å². The van der Waals surface area contributed by atoms with E-state index in [9.17, 15) is 4.79 Å². The molecule has 0 bridgehead atoms. The van der Waals surface area contributed by atoms with Gasteiger partial charge in [0.1, 0.15) is 0 Å². The number of nitrogens with one attached hydrogen (secondary N) is 2. The van der Waals surface area contributed by atoms with Crippen LogP contribution in [0.4, 0.5) is 5.69 Å². The third kappa shape index (κ3) is 4.62. The number of carbonyl (C=O) groups is 1. The largest absolute Gasteiger partial charge is 0.369 e. The van der Waals surface area contributed by atoms with Gasteiger partial charge in [-0.05, 0) is 31.0 Å². The highest BCUT2D eigenvalue weighted by atomic mass is 35.5. The van der Waals surface area contributed by atoms with Crippen LogP contribution in [0.15, 0.2) is 18.2 Å². The normalized spacial score (nSPS) is 15.7. The Hall–Kier alpha value is -0.840. The summed E-state index contributed by atoms with van der Waals surface area (Å²) >= 11 is 16.9. The van der Waals surface area contributed by atoms with Gasteiger partial charge in [0, 0.05) is 21.8 Å². The highest BCUT2D eigenvalue weighted by molar-refractivity contribution is 7.82. The van der Waals surface area contributed by atoms with Crippen molar-refractivity contribution in [3.8, 4) is 0 Å². The number of amides is 1. The van der Waals surface area contributed by atoms with Gasteiger partial charge in [0.15, 0.2) is 4.99 Å². The van der Waals surface area contributed by atoms with E-state index in [1.165, 1.54) is 19.3 Å². The van der Waals surface area contributed by atoms with Gasteiger partial charge in [-0.3, -0.25) is 4.79 Å². The molecule has 1 aliphatic rings. The Kier molecular flexibility index (Phi) is 5.64. The molecule has 2 rings (SSSR count). The van der Waals surface area contributed by atoms with E-state index in [1.807, 2.05) is 0 Å². The fourth-order valence-corrected chi connectivity index (χ4v) is 3.06. The number of halogens is 2. The van der Waals surface area contributed by atoms with E-state index in [0.717, 1.165) is 12.8 Å². The molecule has 1 aliphatic carbocycles. The van der Waals surface area contributed by atoms with Crippen molar-refractivity contribution in [1.82, 2.24) is 5.32 Å². The zero-order valence-corrected chi connectivity index (χ0v) is 13.2. The average molecular weight is 331 g/mol. The minimum absolute atomic E-state index is 0.216. The number of anilines is 1. The number of rotatable bonds is 2. The molecule has 108 valence electrons. The molecular weight excluding hydrogens is 315 g/mol. The lowest BCUT2D eigenvalue weighted by atomic mass is 9.95. The van der Waals surface area contributed by atoms with Gasteiger partial charge in [-0.2, -0.15) is 0 Å². The third-order valence-electron chi connectivity index (χ3n) is 3.27. The molecular formula is C14H16Cl2N2OS. The van der Waals surface area contributed by atoms with Gasteiger partial charge in [-0.15, -0.1) is 0 Å². The van der Waals surface area contributed by atoms with Gasteiger partial charge in [-0.25, -0.2) is 0 Å². The second-order valence-corrected chi connectivity index (χ2v) is 6.20. The molecule has 1 saturated carbocycles. The van der Waals surface area contributed by atoms with Gasteiger partial charge in [0.25, 0.3) is 5.91 Å². The third-order valence-corrected chi connectivity index (χ3v) is 4.01. The highest BCUT2D eigenvalue weighted by Crippen LogP contribution is 2.22. The molecule has 0 aromatic heterocycles. The number of hydrogen-bond donors (Lipinski definition) is 2. The van der Waals surface area contributed by atoms with E-state index in [4.69, 9.17) is 35.4 Å². The van der Waals surface area contributed by atoms with E-state index in [-0.39, 0.29) is 10.9 Å². The number of benzene rings is 1. The summed E-state index contributed by atoms with van der Waals surface area (Å²) in [6.45, 7) is 0. The van der Waals surface area contributed by atoms with Gasteiger partial charge in [-0.1, -0.05) is 54.7 Å². The monoisotopic (exact) mass is 330 g/mol. The van der Waals surface area contributed by atoms with Gasteiger partial charge in [0.05, 0.1) is 0 Å². The second-order valence-electron chi connectivity index (χ2n) is 4.92. The van der Waals surface area contributed by atoms with E-state index in [1.54, 1.807) is 18.2 Å². The maximum absolute atomic E-state index is 12.0. The first-order chi connectivity index (χ1) is 9.54. The minimum atomic E-state index is -0.330. The van der Waals surface area contributed by atoms with Crippen LogP contribution in [0.2, 0.25) is 10.0 Å². The van der Waals surface area contributed by atoms with Crippen molar-refractivity contribution in [2.24, 2.45) is 0 Å². The molecule has 20 heavy (non-hydrogen) atoms. The molecule has 0 radical (unpaired) electrons. The van der Waals surface area contributed by atoms with Crippen molar-refractivity contribution >= 4 is 52.0 Å². The molecule has 0 unspecified atom stereocenters. The van der Waals surface area contributed by atoms with E-state index >= 15 is 0 Å². The van der Waals surface area contributed by atoms with E-state index in [0.29, 0.717) is 21.8 Å². The topological polar surface area (TPSA) is 41.1 Å². The van der Waals surface area contributed by atoms with Crippen LogP contribution in [-0.2, 0) is 4.79 Å². The summed E-state index contributed by atoms with van der Waals surface area (Å²) in [6.07, 6.45) is 5.77. The molecule has 3 nitrogen and oxygen atoms in total. The number of carbonyl (C=O) groups excluding carboxylic acids is 1. The Morgan fingerprint density at radius 2 is 1.70 bits per heavy atom. The smallest absolute Gasteiger partial charge is 0.283 e.